The van der Waals surface area contributed by atoms with Gasteiger partial charge < -0.3 is 45.6 Å². The van der Waals surface area contributed by atoms with Crippen LogP contribution >= 0.6 is 58.3 Å². The van der Waals surface area contributed by atoms with Crippen molar-refractivity contribution in [2.75, 3.05) is 37.1 Å². The first-order valence-electron chi connectivity index (χ1n) is 28.4. The number of nitrogens with two attached hydrogens (primary N) is 3. The van der Waals surface area contributed by atoms with Crippen LogP contribution in [0.1, 0.15) is 133 Å². The molecule has 2 fully saturated rings. The zero-order valence-corrected chi connectivity index (χ0v) is 54.9. The molecule has 0 unspecified atom stereocenters. The molecular formula is C58H72BCl3N10O15S4. The van der Waals surface area contributed by atoms with E-state index in [4.69, 9.17) is 66.5 Å². The van der Waals surface area contributed by atoms with Gasteiger partial charge in [-0.3, -0.25) is 27.5 Å². The van der Waals surface area contributed by atoms with Crippen molar-refractivity contribution in [3.63, 3.8) is 0 Å². The third kappa shape index (κ3) is 18.8. The second-order valence-corrected chi connectivity index (χ2v) is 28.0. The monoisotopic (exact) mass is 1390 g/mol. The number of aromatic nitrogens is 4. The van der Waals surface area contributed by atoms with Crippen LogP contribution in [0.15, 0.2) is 73.6 Å². The van der Waals surface area contributed by atoms with E-state index in [-0.39, 0.29) is 92.3 Å². The van der Waals surface area contributed by atoms with Crippen molar-refractivity contribution in [3.8, 4) is 0 Å². The van der Waals surface area contributed by atoms with E-state index in [1.807, 2.05) is 62.4 Å². The van der Waals surface area contributed by atoms with Crippen LogP contribution in [-0.2, 0) is 70.4 Å². The molecule has 2 aromatic carbocycles. The molecule has 0 spiro atoms. The Morgan fingerprint density at radius 3 is 1.51 bits per heavy atom. The fourth-order valence-electron chi connectivity index (χ4n) is 11.3. The summed E-state index contributed by atoms with van der Waals surface area (Å²) >= 11 is 15.3. The van der Waals surface area contributed by atoms with E-state index in [9.17, 15) is 41.0 Å². The number of aryl methyl sites for hydroxylation is 2. The average Bonchev–Trinajstić information content (AvgIpc) is 1.81. The lowest BCUT2D eigenvalue weighted by Crippen LogP contribution is -2.45. The molecule has 0 bridgehead atoms. The highest BCUT2D eigenvalue weighted by molar-refractivity contribution is 7.84. The largest absolute Gasteiger partial charge is 0.461 e. The molecule has 2 aliphatic carbocycles. The average molecular weight is 1390 g/mol. The number of esters is 2. The van der Waals surface area contributed by atoms with Crippen molar-refractivity contribution in [2.45, 2.75) is 129 Å². The minimum Gasteiger partial charge on any atom is -0.461 e. The van der Waals surface area contributed by atoms with E-state index in [2.05, 4.69) is 35.8 Å². The van der Waals surface area contributed by atoms with Gasteiger partial charge in [-0.15, -0.1) is 35.1 Å². The maximum absolute atomic E-state index is 13.9. The summed E-state index contributed by atoms with van der Waals surface area (Å²) < 4.78 is 79.0. The van der Waals surface area contributed by atoms with E-state index < -0.39 is 75.7 Å². The first kappa shape index (κ1) is 72.8. The number of thiophene rings is 2. The molecule has 0 saturated heterocycles. The zero-order chi connectivity index (χ0) is 64.1. The molecule has 10 rings (SSSR count). The predicted molar refractivity (Wildman–Crippen MR) is 347 cm³/mol. The second-order valence-electron chi connectivity index (χ2n) is 22.2. The number of anilines is 2. The van der Waals surface area contributed by atoms with E-state index in [1.54, 1.807) is 6.92 Å². The van der Waals surface area contributed by atoms with Crippen molar-refractivity contribution in [1.29, 1.82) is 0 Å². The molecule has 91 heavy (non-hydrogen) atoms. The van der Waals surface area contributed by atoms with Crippen LogP contribution < -0.4 is 31.9 Å². The highest BCUT2D eigenvalue weighted by Gasteiger charge is 2.41. The molecule has 6 heterocycles. The van der Waals surface area contributed by atoms with Crippen LogP contribution in [0.5, 0.6) is 0 Å². The van der Waals surface area contributed by atoms with Gasteiger partial charge in [0.15, 0.2) is 0 Å². The lowest BCUT2D eigenvalue weighted by Gasteiger charge is -2.26. The number of nitrogens with zero attached hydrogens (tertiary/aromatic N) is 4. The zero-order valence-electron chi connectivity index (χ0n) is 49.3. The van der Waals surface area contributed by atoms with Gasteiger partial charge in [0.05, 0.1) is 53.4 Å². The van der Waals surface area contributed by atoms with Crippen molar-refractivity contribution >= 4 is 121 Å². The molecule has 492 valence electrons. The summed E-state index contributed by atoms with van der Waals surface area (Å²) in [5.41, 5.74) is 12.2. The van der Waals surface area contributed by atoms with Crippen LogP contribution in [0.3, 0.4) is 0 Å². The Morgan fingerprint density at radius 1 is 0.692 bits per heavy atom. The molecule has 10 N–H and O–H groups in total. The molecule has 4 aliphatic rings. The maximum atomic E-state index is 13.9. The number of rotatable bonds is 22. The number of ketones is 2. The van der Waals surface area contributed by atoms with Gasteiger partial charge in [-0.2, -0.15) is 16.8 Å². The summed E-state index contributed by atoms with van der Waals surface area (Å²) in [6.07, 6.45) is 6.24. The summed E-state index contributed by atoms with van der Waals surface area (Å²) in [6.45, 7) is 8.93. The van der Waals surface area contributed by atoms with Crippen LogP contribution in [0.2, 0.25) is 16.9 Å². The van der Waals surface area contributed by atoms with Crippen molar-refractivity contribution in [2.24, 2.45) is 27.8 Å². The molecule has 10 atom stereocenters. The van der Waals surface area contributed by atoms with E-state index >= 15 is 0 Å². The van der Waals surface area contributed by atoms with Crippen LogP contribution in [0.25, 0.3) is 0 Å². The first-order chi connectivity index (χ1) is 42.2. The molecule has 2 aliphatic heterocycles. The first-order valence-corrected chi connectivity index (χ1v) is 33.7. The van der Waals surface area contributed by atoms with Crippen molar-refractivity contribution in [1.82, 2.24) is 25.2 Å². The number of hydrogen-bond acceptors (Lipinski definition) is 25. The number of hydrogen-bond donors (Lipinski definition) is 7. The Hall–Kier alpha value is -5.65. The Morgan fingerprint density at radius 2 is 1.11 bits per heavy atom. The number of benzene rings is 2. The lowest BCUT2D eigenvalue weighted by atomic mass is 9.87. The minimum absolute atomic E-state index is 0. The van der Waals surface area contributed by atoms with Crippen LogP contribution in [0, 0.1) is 25.7 Å². The minimum atomic E-state index is -4.24. The smallest absolute Gasteiger partial charge is 0.374 e. The third-order valence-electron chi connectivity index (χ3n) is 15.5. The van der Waals surface area contributed by atoms with Gasteiger partial charge in [-0.25, -0.2) is 30.2 Å². The predicted octanol–water partition coefficient (Wildman–Crippen LogP) is 6.92. The van der Waals surface area contributed by atoms with Crippen molar-refractivity contribution in [3.05, 3.63) is 148 Å². The van der Waals surface area contributed by atoms with Gasteiger partial charge in [0.2, 0.25) is 11.6 Å². The van der Waals surface area contributed by atoms with Gasteiger partial charge >= 0.3 is 39.6 Å². The molecular weight excluding hydrogens is 1320 g/mol. The lowest BCUT2D eigenvalue weighted by molar-refractivity contribution is -0.153. The van der Waals surface area contributed by atoms with E-state index in [0.29, 0.717) is 58.1 Å². The van der Waals surface area contributed by atoms with E-state index in [1.165, 1.54) is 61.5 Å². The quantitative estimate of drug-likeness (QED) is 0.0206. The Kier molecular flexibility index (Phi) is 25.2. The maximum Gasteiger partial charge on any atom is 0.374 e. The molecule has 33 heteroatoms. The molecule has 25 nitrogen and oxygen atoms in total. The summed E-state index contributed by atoms with van der Waals surface area (Å²) in [4.78, 5) is 72.3. The SMILES string of the molecule is C.CB(O)N[C@@H](C)C(=O)O[C@H]1C[C@H](Nc2ncncc2C(=O)c2cc([C@@H]3OCCc4ccc(Cl)cc43)c(C)s2)C[C@@H]1COS(N)(=O)=O.Cc1sc(C(=O)c2cncnc2N[C@@H]2C[C@H](COS(N)(=O)=O)[C@@H](OC(=O)[C@H](C)N)C2)cc1[C@@H]1OCCc2ccc(Cl)cc21.Cl. The third-order valence-corrected chi connectivity index (χ3v) is 19.0. The van der Waals surface area contributed by atoms with Crippen molar-refractivity contribution < 1.29 is 68.4 Å². The normalized spacial score (nSPS) is 21.7. The summed E-state index contributed by atoms with van der Waals surface area (Å²) in [5, 5.41) is 30.0. The van der Waals surface area contributed by atoms with Gasteiger partial charge in [-0.1, -0.05) is 42.8 Å². The van der Waals surface area contributed by atoms with Gasteiger partial charge in [-0.05, 0) is 130 Å². The summed E-state index contributed by atoms with van der Waals surface area (Å²) in [7, 11) is -9.37. The van der Waals surface area contributed by atoms with Crippen LogP contribution in [0.4, 0.5) is 11.6 Å². The number of halogens is 3. The van der Waals surface area contributed by atoms with Gasteiger partial charge in [0.1, 0.15) is 54.7 Å². The molecule has 0 radical (unpaired) electrons. The fourth-order valence-corrected chi connectivity index (χ4v) is 14.4. The molecule has 6 aromatic rings. The van der Waals surface area contributed by atoms with Gasteiger partial charge in [0.25, 0.3) is 0 Å². The number of carbonyl (C=O) groups is 4. The van der Waals surface area contributed by atoms with E-state index in [0.717, 1.165) is 56.0 Å². The van der Waals surface area contributed by atoms with Gasteiger partial charge in [0, 0.05) is 69.0 Å². The Bertz CT molecular complexity index is 3830. The number of ether oxygens (including phenoxy) is 4. The fraction of sp³-hybridized carbons (Fsp3) is 0.448. The summed E-state index contributed by atoms with van der Waals surface area (Å²) in [6, 6.07) is 12.9. The molecule has 2 saturated carbocycles. The number of carbonyl (C=O) groups excluding carboxylic acids is 4. The van der Waals surface area contributed by atoms with Crippen LogP contribution in [-0.4, -0.2) is 135 Å². The summed E-state index contributed by atoms with van der Waals surface area (Å²) in [5.74, 6) is -2.24. The standard InChI is InChI=1S/C29H35BClN5O8S2.C28H32ClN5O7S2.CH4.ClH/c1-15(36-30(3)39)29(38)44-24-10-20(8-18(24)13-43-46(32,40)41)35-28-23(12-33-14-34-28)26(37)25-11-21(16(2)45-25)27-22-9-19(31)5-4-17(22)6-7-42-27;1-14(30)28(36)41-23-9-19(7-17(23)12-40-43(31,37)38)34-27-22(11-32-13-33-27)25(35)24-10-20(15(2)42-24)26-21-8-18(29)4-3-16(21)5-6-39-26;;/h4-5,9,11-12,14-15,18,20,24,27,36,39H,6-8,10,13H2,1-3H3,(H2,32,40,41)(H,33,34,35);3-4,8,10-11,13-14,17,19,23,26H,5-7,9,12,30H2,1-2H3,(H2,31,37,38)(H,32,33,34);1H4;1H/t15-,18+,20+,24-,27-;14-,17+,19+,23-,26-;;/m00../s1. The second kappa shape index (κ2) is 31.5. The highest BCUT2D eigenvalue weighted by atomic mass is 35.5. The topological polar surface area (TPSA) is 378 Å². The number of fused-ring (bicyclic) bond motifs is 2. The number of nitrogens with one attached hydrogen (secondary N) is 3. The highest BCUT2D eigenvalue weighted by Crippen LogP contribution is 2.42. The Labute approximate surface area is 552 Å². The molecule has 0 amide bonds. The molecule has 4 aromatic heterocycles. The Balaban J connectivity index is 0.000000253.